The molecule has 70 valence electrons. The molecule has 0 fully saturated rings. The Labute approximate surface area is 74.5 Å². The highest BCUT2D eigenvalue weighted by Crippen LogP contribution is 2.00. The van der Waals surface area contributed by atoms with E-state index in [0.29, 0.717) is 5.69 Å². The molecule has 6 heteroatoms. The van der Waals surface area contributed by atoms with E-state index in [1.54, 1.807) is 7.05 Å². The number of Topliss-reactive ketones (excluding diaryl/α,β-unsaturated/α-hetero) is 1. The molecule has 0 unspecified atom stereocenters. The summed E-state index contributed by atoms with van der Waals surface area (Å²) in [5.74, 6) is -0.912. The Morgan fingerprint density at radius 3 is 2.77 bits per heavy atom. The minimum Gasteiger partial charge on any atom is -0.469 e. The summed E-state index contributed by atoms with van der Waals surface area (Å²) < 4.78 is 5.66. The highest BCUT2D eigenvalue weighted by atomic mass is 16.5. The van der Waals surface area contributed by atoms with Gasteiger partial charge < -0.3 is 4.74 Å². The predicted octanol–water partition coefficient (Wildman–Crippen LogP) is -0.439. The third-order valence-electron chi connectivity index (χ3n) is 1.53. The summed E-state index contributed by atoms with van der Waals surface area (Å²) in [6.45, 7) is 0. The fourth-order valence-corrected chi connectivity index (χ4v) is 0.836. The van der Waals surface area contributed by atoms with E-state index in [-0.39, 0.29) is 12.2 Å². The summed E-state index contributed by atoms with van der Waals surface area (Å²) >= 11 is 0. The average molecular weight is 183 g/mol. The standard InChI is InChI=1S/C7H9N3O3/c1-10-5(4-8-9-10)6(11)3-7(12)13-2/h4H,3H2,1-2H3. The highest BCUT2D eigenvalue weighted by molar-refractivity contribution is 6.04. The van der Waals surface area contributed by atoms with Crippen molar-refractivity contribution < 1.29 is 14.3 Å². The largest absolute Gasteiger partial charge is 0.469 e. The van der Waals surface area contributed by atoms with Crippen LogP contribution >= 0.6 is 0 Å². The number of methoxy groups -OCH3 is 1. The predicted molar refractivity (Wildman–Crippen MR) is 42.0 cm³/mol. The minimum atomic E-state index is -0.564. The molecule has 13 heavy (non-hydrogen) atoms. The van der Waals surface area contributed by atoms with Gasteiger partial charge in [0.1, 0.15) is 12.1 Å². The smallest absolute Gasteiger partial charge is 0.313 e. The number of aryl methyl sites for hydroxylation is 1. The van der Waals surface area contributed by atoms with Crippen molar-refractivity contribution in [2.75, 3.05) is 7.11 Å². The van der Waals surface area contributed by atoms with Crippen LogP contribution in [0.1, 0.15) is 16.9 Å². The van der Waals surface area contributed by atoms with Crippen molar-refractivity contribution >= 4 is 11.8 Å². The first kappa shape index (κ1) is 9.37. The fourth-order valence-electron chi connectivity index (χ4n) is 0.836. The first-order chi connectivity index (χ1) is 6.15. The zero-order valence-corrected chi connectivity index (χ0v) is 7.35. The lowest BCUT2D eigenvalue weighted by atomic mass is 10.2. The molecular weight excluding hydrogens is 174 g/mol. The third-order valence-corrected chi connectivity index (χ3v) is 1.53. The number of carbonyl (C=O) groups excluding carboxylic acids is 2. The van der Waals surface area contributed by atoms with Gasteiger partial charge in [-0.25, -0.2) is 4.68 Å². The minimum absolute atomic E-state index is 0.280. The Hall–Kier alpha value is -1.72. The number of ether oxygens (including phenoxy) is 1. The Balaban J connectivity index is 2.69. The molecule has 1 aromatic rings. The van der Waals surface area contributed by atoms with E-state index in [0.717, 1.165) is 0 Å². The van der Waals surface area contributed by atoms with Crippen LogP contribution in [0.2, 0.25) is 0 Å². The van der Waals surface area contributed by atoms with Crippen LogP contribution in [-0.4, -0.2) is 33.9 Å². The van der Waals surface area contributed by atoms with Crippen LogP contribution in [-0.2, 0) is 16.6 Å². The van der Waals surface area contributed by atoms with Crippen LogP contribution in [0.15, 0.2) is 6.20 Å². The Bertz CT molecular complexity index is 331. The summed E-state index contributed by atoms with van der Waals surface area (Å²) in [6.07, 6.45) is 1.03. The molecule has 0 saturated carbocycles. The van der Waals surface area contributed by atoms with Crippen molar-refractivity contribution in [2.45, 2.75) is 6.42 Å². The van der Waals surface area contributed by atoms with Crippen LogP contribution in [0.3, 0.4) is 0 Å². The fraction of sp³-hybridized carbons (Fsp3) is 0.429. The maximum atomic E-state index is 11.3. The topological polar surface area (TPSA) is 74.1 Å². The summed E-state index contributed by atoms with van der Waals surface area (Å²) in [7, 11) is 2.81. The van der Waals surface area contributed by atoms with Gasteiger partial charge in [0.05, 0.1) is 13.3 Å². The molecule has 0 aliphatic carbocycles. The van der Waals surface area contributed by atoms with Gasteiger partial charge in [-0.2, -0.15) is 0 Å². The quantitative estimate of drug-likeness (QED) is 0.361. The van der Waals surface area contributed by atoms with E-state index in [4.69, 9.17) is 0 Å². The molecule has 0 amide bonds. The van der Waals surface area contributed by atoms with Gasteiger partial charge in [0.15, 0.2) is 5.78 Å². The molecular formula is C7H9N3O3. The highest BCUT2D eigenvalue weighted by Gasteiger charge is 2.15. The number of ketones is 1. The number of esters is 1. The SMILES string of the molecule is COC(=O)CC(=O)c1cnnn1C. The lowest BCUT2D eigenvalue weighted by Gasteiger charge is -1.98. The van der Waals surface area contributed by atoms with Crippen LogP contribution in [0.4, 0.5) is 0 Å². The van der Waals surface area contributed by atoms with Gasteiger partial charge >= 0.3 is 5.97 Å². The molecule has 0 N–H and O–H groups in total. The summed E-state index contributed by atoms with van der Waals surface area (Å²) in [5.41, 5.74) is 0.297. The molecule has 1 aromatic heterocycles. The van der Waals surface area contributed by atoms with Crippen molar-refractivity contribution in [3.05, 3.63) is 11.9 Å². The molecule has 0 radical (unpaired) electrons. The summed E-state index contributed by atoms with van der Waals surface area (Å²) in [6, 6.07) is 0. The van der Waals surface area contributed by atoms with Crippen LogP contribution in [0.5, 0.6) is 0 Å². The zero-order valence-electron chi connectivity index (χ0n) is 7.35. The summed E-state index contributed by atoms with van der Waals surface area (Å²) in [4.78, 5) is 22.0. The van der Waals surface area contributed by atoms with Crippen molar-refractivity contribution in [1.29, 1.82) is 0 Å². The number of hydrogen-bond acceptors (Lipinski definition) is 5. The number of rotatable bonds is 3. The maximum Gasteiger partial charge on any atom is 0.313 e. The van der Waals surface area contributed by atoms with E-state index in [1.165, 1.54) is 18.0 Å². The van der Waals surface area contributed by atoms with Crippen molar-refractivity contribution in [3.8, 4) is 0 Å². The summed E-state index contributed by atoms with van der Waals surface area (Å²) in [5, 5.41) is 7.08. The van der Waals surface area contributed by atoms with E-state index in [1.807, 2.05) is 0 Å². The van der Waals surface area contributed by atoms with Gasteiger partial charge in [0.25, 0.3) is 0 Å². The molecule has 0 saturated heterocycles. The number of nitrogens with zero attached hydrogens (tertiary/aromatic N) is 3. The van der Waals surface area contributed by atoms with E-state index in [2.05, 4.69) is 15.0 Å². The second-order valence-corrected chi connectivity index (χ2v) is 2.42. The monoisotopic (exact) mass is 183 g/mol. The second-order valence-electron chi connectivity index (χ2n) is 2.42. The maximum absolute atomic E-state index is 11.3. The number of aromatic nitrogens is 3. The van der Waals surface area contributed by atoms with Crippen molar-refractivity contribution in [1.82, 2.24) is 15.0 Å². The second kappa shape index (κ2) is 3.79. The molecule has 1 heterocycles. The molecule has 6 nitrogen and oxygen atoms in total. The van der Waals surface area contributed by atoms with Crippen molar-refractivity contribution in [3.63, 3.8) is 0 Å². The molecule has 0 aromatic carbocycles. The van der Waals surface area contributed by atoms with Crippen LogP contribution in [0, 0.1) is 0 Å². The molecule has 0 spiro atoms. The van der Waals surface area contributed by atoms with E-state index < -0.39 is 5.97 Å². The third kappa shape index (κ3) is 2.11. The first-order valence-electron chi connectivity index (χ1n) is 3.60. The number of hydrogen-bond donors (Lipinski definition) is 0. The van der Waals surface area contributed by atoms with Crippen molar-refractivity contribution in [2.24, 2.45) is 7.05 Å². The Morgan fingerprint density at radius 2 is 2.31 bits per heavy atom. The molecule has 0 aliphatic heterocycles. The molecule has 0 bridgehead atoms. The lowest BCUT2D eigenvalue weighted by molar-refractivity contribution is -0.139. The van der Waals surface area contributed by atoms with E-state index in [9.17, 15) is 9.59 Å². The first-order valence-corrected chi connectivity index (χ1v) is 3.60. The average Bonchev–Trinajstić information content (AvgIpc) is 2.51. The van der Waals surface area contributed by atoms with Gasteiger partial charge in [-0.15, -0.1) is 5.10 Å². The molecule has 0 aliphatic rings. The zero-order chi connectivity index (χ0) is 9.84. The van der Waals surface area contributed by atoms with Gasteiger partial charge in [-0.1, -0.05) is 5.21 Å². The van der Waals surface area contributed by atoms with Crippen LogP contribution in [0.25, 0.3) is 0 Å². The van der Waals surface area contributed by atoms with Crippen LogP contribution < -0.4 is 0 Å². The van der Waals surface area contributed by atoms with Gasteiger partial charge in [0, 0.05) is 7.05 Å². The number of carbonyl (C=O) groups is 2. The van der Waals surface area contributed by atoms with Gasteiger partial charge in [-0.3, -0.25) is 9.59 Å². The molecule has 1 rings (SSSR count). The lowest BCUT2D eigenvalue weighted by Crippen LogP contribution is -2.13. The van der Waals surface area contributed by atoms with Gasteiger partial charge in [0.2, 0.25) is 0 Å². The van der Waals surface area contributed by atoms with E-state index >= 15 is 0 Å². The Kier molecular flexibility index (Phi) is 2.73. The Morgan fingerprint density at radius 1 is 1.62 bits per heavy atom. The molecule has 0 atom stereocenters. The normalized spacial score (nSPS) is 9.69. The van der Waals surface area contributed by atoms with Gasteiger partial charge in [-0.05, 0) is 0 Å².